The van der Waals surface area contributed by atoms with Crippen molar-refractivity contribution in [1.82, 2.24) is 4.90 Å². The lowest BCUT2D eigenvalue weighted by Gasteiger charge is -2.47. The van der Waals surface area contributed by atoms with E-state index < -0.39 is 0 Å². The third-order valence-corrected chi connectivity index (χ3v) is 5.95. The number of allylic oxidation sites excluding steroid dienone is 1. The van der Waals surface area contributed by atoms with E-state index in [4.69, 9.17) is 9.47 Å². The first-order valence-electron chi connectivity index (χ1n) is 8.88. The zero-order chi connectivity index (χ0) is 16.7. The van der Waals surface area contributed by atoms with Gasteiger partial charge in [0.05, 0.1) is 19.3 Å². The molecule has 3 fully saturated rings. The third-order valence-electron chi connectivity index (χ3n) is 5.95. The summed E-state index contributed by atoms with van der Waals surface area (Å²) in [6, 6.07) is 4.12. The fourth-order valence-corrected chi connectivity index (χ4v) is 4.36. The summed E-state index contributed by atoms with van der Waals surface area (Å²) in [7, 11) is 1.66. The van der Waals surface area contributed by atoms with Gasteiger partial charge < -0.3 is 14.4 Å². The number of aryl methyl sites for hydroxylation is 1. The number of rotatable bonds is 4. The maximum atomic E-state index is 12.7. The van der Waals surface area contributed by atoms with Gasteiger partial charge in [-0.25, -0.2) is 4.79 Å². The molecule has 0 saturated carbocycles. The van der Waals surface area contributed by atoms with E-state index in [2.05, 4.69) is 11.0 Å². The first kappa shape index (κ1) is 15.7. The van der Waals surface area contributed by atoms with E-state index in [0.717, 1.165) is 67.8 Å². The average molecular weight is 327 g/mol. The molecule has 3 heterocycles. The molecule has 0 radical (unpaired) electrons. The van der Waals surface area contributed by atoms with Gasteiger partial charge in [0.15, 0.2) is 0 Å². The Hall–Kier alpha value is -1.81. The maximum absolute atomic E-state index is 12.7. The second-order valence-corrected chi connectivity index (χ2v) is 7.49. The van der Waals surface area contributed by atoms with Crippen LogP contribution >= 0.6 is 0 Å². The second kappa shape index (κ2) is 5.92. The van der Waals surface area contributed by atoms with Crippen molar-refractivity contribution in [3.8, 4) is 5.75 Å². The van der Waals surface area contributed by atoms with Crippen LogP contribution in [0.15, 0.2) is 18.2 Å². The van der Waals surface area contributed by atoms with Crippen LogP contribution in [0.5, 0.6) is 5.75 Å². The molecule has 24 heavy (non-hydrogen) atoms. The van der Waals surface area contributed by atoms with Gasteiger partial charge >= 0.3 is 5.97 Å². The fourth-order valence-electron chi connectivity index (χ4n) is 4.36. The molecular weight excluding hydrogens is 302 g/mol. The molecule has 0 aromatic heterocycles. The van der Waals surface area contributed by atoms with Crippen LogP contribution in [0, 0.1) is 12.3 Å². The van der Waals surface area contributed by atoms with Crippen molar-refractivity contribution in [1.29, 1.82) is 0 Å². The van der Waals surface area contributed by atoms with E-state index in [1.165, 1.54) is 0 Å². The highest BCUT2D eigenvalue weighted by Crippen LogP contribution is 2.41. The topological polar surface area (TPSA) is 38.8 Å². The molecule has 1 aromatic carbocycles. The van der Waals surface area contributed by atoms with Crippen molar-refractivity contribution in [3.63, 3.8) is 0 Å². The quantitative estimate of drug-likeness (QED) is 0.797. The normalized spacial score (nSPS) is 27.6. The smallest absolute Gasteiger partial charge is 0.338 e. The van der Waals surface area contributed by atoms with E-state index in [-0.39, 0.29) is 11.4 Å². The van der Waals surface area contributed by atoms with Crippen LogP contribution in [-0.2, 0) is 16.0 Å². The van der Waals surface area contributed by atoms with Crippen LogP contribution in [0.2, 0.25) is 0 Å². The largest absolute Gasteiger partial charge is 0.496 e. The third kappa shape index (κ3) is 2.63. The number of hydrogen-bond acceptors (Lipinski definition) is 4. The zero-order valence-corrected chi connectivity index (χ0v) is 14.6. The van der Waals surface area contributed by atoms with E-state index in [1.54, 1.807) is 7.11 Å². The van der Waals surface area contributed by atoms with Gasteiger partial charge in [0.2, 0.25) is 0 Å². The number of hydrogen-bond donors (Lipinski definition) is 0. The van der Waals surface area contributed by atoms with Crippen molar-refractivity contribution in [2.45, 2.75) is 32.6 Å². The van der Waals surface area contributed by atoms with Gasteiger partial charge in [0.1, 0.15) is 5.75 Å². The monoisotopic (exact) mass is 327 g/mol. The summed E-state index contributed by atoms with van der Waals surface area (Å²) in [6.07, 6.45) is 6.21. The molecular formula is C20H25NO3. The summed E-state index contributed by atoms with van der Waals surface area (Å²) >= 11 is 0. The molecule has 3 aliphatic heterocycles. The van der Waals surface area contributed by atoms with Crippen LogP contribution in [0.4, 0.5) is 0 Å². The van der Waals surface area contributed by atoms with Crippen LogP contribution in [0.25, 0.3) is 5.57 Å². The molecule has 0 N–H and O–H groups in total. The zero-order valence-electron chi connectivity index (χ0n) is 14.6. The van der Waals surface area contributed by atoms with E-state index >= 15 is 0 Å². The molecule has 0 atom stereocenters. The van der Waals surface area contributed by atoms with Crippen LogP contribution in [0.1, 0.15) is 36.0 Å². The summed E-state index contributed by atoms with van der Waals surface area (Å²) in [6.45, 7) is 6.05. The predicted molar refractivity (Wildman–Crippen MR) is 93.1 cm³/mol. The van der Waals surface area contributed by atoms with Gasteiger partial charge in [-0.15, -0.1) is 0 Å². The van der Waals surface area contributed by atoms with Gasteiger partial charge in [0.25, 0.3) is 0 Å². The Bertz CT molecular complexity index is 685. The Labute approximate surface area is 143 Å². The Morgan fingerprint density at radius 2 is 1.92 bits per heavy atom. The van der Waals surface area contributed by atoms with Gasteiger partial charge in [-0.1, -0.05) is 12.1 Å². The highest BCUT2D eigenvalue weighted by molar-refractivity contribution is 6.19. The summed E-state index contributed by atoms with van der Waals surface area (Å²) in [5, 5.41) is 0. The van der Waals surface area contributed by atoms with E-state index in [1.807, 2.05) is 19.1 Å². The van der Waals surface area contributed by atoms with E-state index in [9.17, 15) is 4.79 Å². The Balaban J connectivity index is 1.49. The van der Waals surface area contributed by atoms with Crippen molar-refractivity contribution >= 4 is 11.5 Å². The fraction of sp³-hybridized carbons (Fsp3) is 0.550. The minimum Gasteiger partial charge on any atom is -0.496 e. The molecule has 128 valence electrons. The molecule has 2 bridgehead atoms. The molecule has 1 aromatic rings. The minimum atomic E-state index is -0.196. The molecule has 0 spiro atoms. The first-order valence-corrected chi connectivity index (χ1v) is 8.88. The number of carbonyl (C=O) groups is 1. The van der Waals surface area contributed by atoms with Crippen LogP contribution < -0.4 is 4.74 Å². The number of fused-ring (bicyclic) bond motifs is 4. The lowest BCUT2D eigenvalue weighted by Crippen LogP contribution is -2.50. The summed E-state index contributed by atoms with van der Waals surface area (Å²) in [5.41, 5.74) is 4.11. The highest BCUT2D eigenvalue weighted by Gasteiger charge is 2.40. The molecule has 4 nitrogen and oxygen atoms in total. The number of benzene rings is 1. The first-order chi connectivity index (χ1) is 11.6. The second-order valence-electron chi connectivity index (χ2n) is 7.49. The van der Waals surface area contributed by atoms with Gasteiger partial charge in [-0.2, -0.15) is 0 Å². The standard InChI is InChI=1S/C20H25NO3/c1-14-11-15-3-4-16(18(15)17(12-14)23-2)19(22)24-13-20-5-8-21(9-6-20)10-7-20/h4,11-12H,3,5-10,13H2,1-2H3. The highest BCUT2D eigenvalue weighted by atomic mass is 16.5. The van der Waals surface area contributed by atoms with Gasteiger partial charge in [0, 0.05) is 11.0 Å². The molecule has 5 rings (SSSR count). The summed E-state index contributed by atoms with van der Waals surface area (Å²) in [5.74, 6) is 0.577. The predicted octanol–water partition coefficient (Wildman–Crippen LogP) is 2.97. The Kier molecular flexibility index (Phi) is 3.87. The SMILES string of the molecule is COc1cc(C)cc2c1C(C(=O)OCC13CCN(CC1)CC3)=CC2. The molecule has 3 saturated heterocycles. The lowest BCUT2D eigenvalue weighted by atomic mass is 9.73. The van der Waals surface area contributed by atoms with Crippen LogP contribution in [-0.4, -0.2) is 44.2 Å². The van der Waals surface area contributed by atoms with Crippen molar-refractivity contribution in [2.24, 2.45) is 5.41 Å². The van der Waals surface area contributed by atoms with Crippen LogP contribution in [0.3, 0.4) is 0 Å². The summed E-state index contributed by atoms with van der Waals surface area (Å²) < 4.78 is 11.3. The molecule has 0 unspecified atom stereocenters. The maximum Gasteiger partial charge on any atom is 0.338 e. The number of ether oxygens (including phenoxy) is 2. The van der Waals surface area contributed by atoms with Crippen molar-refractivity contribution in [3.05, 3.63) is 34.9 Å². The molecule has 4 heteroatoms. The minimum absolute atomic E-state index is 0.196. The van der Waals surface area contributed by atoms with Crippen molar-refractivity contribution in [2.75, 3.05) is 33.4 Å². The van der Waals surface area contributed by atoms with Crippen molar-refractivity contribution < 1.29 is 14.3 Å². The Morgan fingerprint density at radius 3 is 2.58 bits per heavy atom. The lowest BCUT2D eigenvalue weighted by molar-refractivity contribution is -0.143. The average Bonchev–Trinajstić information content (AvgIpc) is 3.04. The molecule has 1 aliphatic carbocycles. The molecule has 4 aliphatic rings. The summed E-state index contributed by atoms with van der Waals surface area (Å²) in [4.78, 5) is 15.2. The van der Waals surface area contributed by atoms with E-state index in [0.29, 0.717) is 12.2 Å². The number of esters is 1. The number of carbonyl (C=O) groups excluding carboxylic acids is 1. The number of methoxy groups -OCH3 is 1. The molecule has 0 amide bonds. The van der Waals surface area contributed by atoms with Gasteiger partial charge in [-0.05, 0) is 69.4 Å². The number of piperidine rings is 3. The van der Waals surface area contributed by atoms with Gasteiger partial charge in [-0.3, -0.25) is 0 Å². The number of nitrogens with zero attached hydrogens (tertiary/aromatic N) is 1. The Morgan fingerprint density at radius 1 is 1.21 bits per heavy atom.